The molecule has 2 rings (SSSR count). The quantitative estimate of drug-likeness (QED) is 0.900. The summed E-state index contributed by atoms with van der Waals surface area (Å²) < 4.78 is 0. The van der Waals surface area contributed by atoms with Gasteiger partial charge in [-0.2, -0.15) is 0 Å². The molecule has 1 aromatic rings. The molecule has 0 saturated carbocycles. The zero-order valence-electron chi connectivity index (χ0n) is 12.7. The van der Waals surface area contributed by atoms with Crippen LogP contribution >= 0.6 is 0 Å². The number of likely N-dealkylation sites (tertiary alicyclic amines) is 1. The van der Waals surface area contributed by atoms with E-state index in [1.54, 1.807) is 0 Å². The normalized spacial score (nSPS) is 26.4. The van der Waals surface area contributed by atoms with Crippen LogP contribution in [0.15, 0.2) is 18.2 Å². The maximum Gasteiger partial charge on any atom is 0.0917 e. The lowest BCUT2D eigenvalue weighted by Gasteiger charge is -2.38. The summed E-state index contributed by atoms with van der Waals surface area (Å²) in [6.45, 7) is 10.6. The summed E-state index contributed by atoms with van der Waals surface area (Å²) in [5.74, 6) is 0.752. The predicted octanol–water partition coefficient (Wildman–Crippen LogP) is 3.46. The zero-order chi connectivity index (χ0) is 14.0. The highest BCUT2D eigenvalue weighted by Crippen LogP contribution is 2.25. The number of benzene rings is 1. The molecule has 1 aliphatic heterocycles. The Hall–Kier alpha value is -0.860. The van der Waals surface area contributed by atoms with Gasteiger partial charge in [-0.15, -0.1) is 0 Å². The number of piperidine rings is 1. The molecule has 0 spiro atoms. The molecular formula is C17H27NO. The van der Waals surface area contributed by atoms with Gasteiger partial charge >= 0.3 is 0 Å². The molecule has 19 heavy (non-hydrogen) atoms. The Bertz CT molecular complexity index is 409. The first-order valence-electron chi connectivity index (χ1n) is 7.46. The lowest BCUT2D eigenvalue weighted by atomic mass is 9.94. The van der Waals surface area contributed by atoms with Crippen LogP contribution in [-0.2, 0) is 0 Å². The first kappa shape index (κ1) is 14.5. The topological polar surface area (TPSA) is 23.5 Å². The van der Waals surface area contributed by atoms with Crippen molar-refractivity contribution in [3.8, 4) is 0 Å². The van der Waals surface area contributed by atoms with Gasteiger partial charge < -0.3 is 5.11 Å². The Balaban J connectivity index is 2.05. The molecule has 1 saturated heterocycles. The van der Waals surface area contributed by atoms with E-state index < -0.39 is 0 Å². The summed E-state index contributed by atoms with van der Waals surface area (Å²) in [5, 5.41) is 10.5. The monoisotopic (exact) mass is 261 g/mol. The Labute approximate surface area is 117 Å². The first-order chi connectivity index (χ1) is 8.95. The third-order valence-corrected chi connectivity index (χ3v) is 4.28. The van der Waals surface area contributed by atoms with Crippen LogP contribution in [0.4, 0.5) is 0 Å². The number of nitrogens with zero attached hydrogens (tertiary/aromatic N) is 1. The minimum Gasteiger partial charge on any atom is -0.387 e. The van der Waals surface area contributed by atoms with Crippen molar-refractivity contribution in [2.45, 2.75) is 52.7 Å². The number of hydrogen-bond acceptors (Lipinski definition) is 2. The molecule has 1 aliphatic rings. The number of aryl methyl sites for hydroxylation is 2. The van der Waals surface area contributed by atoms with E-state index in [4.69, 9.17) is 0 Å². The Morgan fingerprint density at radius 3 is 2.42 bits per heavy atom. The van der Waals surface area contributed by atoms with Crippen LogP contribution in [0, 0.1) is 19.8 Å². The smallest absolute Gasteiger partial charge is 0.0917 e. The number of hydrogen-bond donors (Lipinski definition) is 1. The van der Waals surface area contributed by atoms with Gasteiger partial charge in [0, 0.05) is 19.1 Å². The Morgan fingerprint density at radius 2 is 1.79 bits per heavy atom. The van der Waals surface area contributed by atoms with Gasteiger partial charge in [0.1, 0.15) is 0 Å². The van der Waals surface area contributed by atoms with Crippen LogP contribution < -0.4 is 0 Å². The van der Waals surface area contributed by atoms with Crippen molar-refractivity contribution in [1.29, 1.82) is 0 Å². The second-order valence-electron chi connectivity index (χ2n) is 6.42. The molecule has 0 bridgehead atoms. The lowest BCUT2D eigenvalue weighted by Crippen LogP contribution is -2.43. The lowest BCUT2D eigenvalue weighted by molar-refractivity contribution is 0.0568. The summed E-state index contributed by atoms with van der Waals surface area (Å²) in [6.07, 6.45) is 2.20. The van der Waals surface area contributed by atoms with E-state index in [1.165, 1.54) is 24.0 Å². The first-order valence-corrected chi connectivity index (χ1v) is 7.46. The molecule has 1 N–H and O–H groups in total. The third kappa shape index (κ3) is 3.80. The van der Waals surface area contributed by atoms with Gasteiger partial charge in [-0.05, 0) is 45.1 Å². The van der Waals surface area contributed by atoms with Crippen LogP contribution in [-0.4, -0.2) is 29.1 Å². The van der Waals surface area contributed by atoms with E-state index in [9.17, 15) is 5.11 Å². The maximum atomic E-state index is 10.5. The van der Waals surface area contributed by atoms with E-state index >= 15 is 0 Å². The number of aliphatic hydroxyl groups is 1. The van der Waals surface area contributed by atoms with E-state index in [2.05, 4.69) is 50.8 Å². The van der Waals surface area contributed by atoms with Gasteiger partial charge in [0.25, 0.3) is 0 Å². The molecular weight excluding hydrogens is 234 g/mol. The fourth-order valence-corrected chi connectivity index (χ4v) is 3.16. The SMILES string of the molecule is Cc1cc(C)cc(C(O)CN2CC(C)CCC2C)c1. The number of β-amino-alcohol motifs (C(OH)–C–C–N with tert-alkyl or cyclic N) is 1. The van der Waals surface area contributed by atoms with Gasteiger partial charge in [0.2, 0.25) is 0 Å². The fourth-order valence-electron chi connectivity index (χ4n) is 3.16. The average Bonchev–Trinajstić information content (AvgIpc) is 2.32. The summed E-state index contributed by atoms with van der Waals surface area (Å²) in [7, 11) is 0. The summed E-state index contributed by atoms with van der Waals surface area (Å²) >= 11 is 0. The zero-order valence-corrected chi connectivity index (χ0v) is 12.7. The molecule has 0 aromatic heterocycles. The molecule has 2 heteroatoms. The van der Waals surface area contributed by atoms with Crippen molar-refractivity contribution in [2.75, 3.05) is 13.1 Å². The molecule has 3 atom stereocenters. The molecule has 1 aromatic carbocycles. The van der Waals surface area contributed by atoms with Crippen molar-refractivity contribution in [2.24, 2.45) is 5.92 Å². The van der Waals surface area contributed by atoms with Gasteiger partial charge in [0.05, 0.1) is 6.10 Å². The van der Waals surface area contributed by atoms with Crippen molar-refractivity contribution in [3.05, 3.63) is 34.9 Å². The van der Waals surface area contributed by atoms with Gasteiger partial charge in [0.15, 0.2) is 0 Å². The van der Waals surface area contributed by atoms with Crippen LogP contribution in [0.3, 0.4) is 0 Å². The molecule has 3 unspecified atom stereocenters. The largest absolute Gasteiger partial charge is 0.387 e. The highest BCUT2D eigenvalue weighted by Gasteiger charge is 2.25. The standard InChI is InChI=1S/C17H27NO/c1-12-5-6-15(4)18(10-12)11-17(19)16-8-13(2)7-14(3)9-16/h7-9,12,15,17,19H,5-6,10-11H2,1-4H3. The summed E-state index contributed by atoms with van der Waals surface area (Å²) in [4.78, 5) is 2.44. The van der Waals surface area contributed by atoms with Crippen molar-refractivity contribution < 1.29 is 5.11 Å². The third-order valence-electron chi connectivity index (χ3n) is 4.28. The van der Waals surface area contributed by atoms with Gasteiger partial charge in [-0.1, -0.05) is 36.2 Å². The fraction of sp³-hybridized carbons (Fsp3) is 0.647. The van der Waals surface area contributed by atoms with Crippen LogP contribution in [0.2, 0.25) is 0 Å². The molecule has 0 radical (unpaired) electrons. The van der Waals surface area contributed by atoms with E-state index in [-0.39, 0.29) is 6.10 Å². The molecule has 106 valence electrons. The number of aliphatic hydroxyl groups excluding tert-OH is 1. The highest BCUT2D eigenvalue weighted by molar-refractivity contribution is 5.30. The summed E-state index contributed by atoms with van der Waals surface area (Å²) in [6, 6.07) is 6.96. The molecule has 0 amide bonds. The van der Waals surface area contributed by atoms with E-state index in [0.717, 1.165) is 24.6 Å². The highest BCUT2D eigenvalue weighted by atomic mass is 16.3. The maximum absolute atomic E-state index is 10.5. The van der Waals surface area contributed by atoms with Crippen molar-refractivity contribution in [3.63, 3.8) is 0 Å². The predicted molar refractivity (Wildman–Crippen MR) is 80.3 cm³/mol. The van der Waals surface area contributed by atoms with Crippen LogP contribution in [0.5, 0.6) is 0 Å². The average molecular weight is 261 g/mol. The van der Waals surface area contributed by atoms with Crippen LogP contribution in [0.1, 0.15) is 49.5 Å². The second-order valence-corrected chi connectivity index (χ2v) is 6.42. The van der Waals surface area contributed by atoms with Gasteiger partial charge in [-0.25, -0.2) is 0 Å². The van der Waals surface area contributed by atoms with E-state index in [1.807, 2.05) is 0 Å². The second kappa shape index (κ2) is 6.06. The minimum atomic E-state index is -0.369. The van der Waals surface area contributed by atoms with Crippen molar-refractivity contribution >= 4 is 0 Å². The van der Waals surface area contributed by atoms with E-state index in [0.29, 0.717) is 6.04 Å². The van der Waals surface area contributed by atoms with Gasteiger partial charge in [-0.3, -0.25) is 4.90 Å². The molecule has 2 nitrogen and oxygen atoms in total. The summed E-state index contributed by atoms with van der Waals surface area (Å²) in [5.41, 5.74) is 3.52. The molecule has 0 aliphatic carbocycles. The van der Waals surface area contributed by atoms with Crippen molar-refractivity contribution in [1.82, 2.24) is 4.90 Å². The Morgan fingerprint density at radius 1 is 1.16 bits per heavy atom. The molecule has 1 fully saturated rings. The molecule has 1 heterocycles. The Kier molecular flexibility index (Phi) is 4.64. The van der Waals surface area contributed by atoms with Crippen LogP contribution in [0.25, 0.3) is 0 Å². The number of rotatable bonds is 3. The minimum absolute atomic E-state index is 0.369.